The fraction of sp³-hybridized carbons (Fsp3) is 0.533. The average Bonchev–Trinajstić information content (AvgIpc) is 2.21. The summed E-state index contributed by atoms with van der Waals surface area (Å²) in [4.78, 5) is 0. The normalized spacial score (nSPS) is 17.1. The molecule has 0 atom stereocenters. The molecule has 0 radical (unpaired) electrons. The molecule has 0 aromatic heterocycles. The molecule has 1 rings (SSSR count). The lowest BCUT2D eigenvalue weighted by molar-refractivity contribution is 0.397. The molecule has 0 spiro atoms. The first kappa shape index (κ1) is 17.1. The van der Waals surface area contributed by atoms with Crippen LogP contribution >= 0.6 is 0 Å². The number of rotatable bonds is 0. The summed E-state index contributed by atoms with van der Waals surface area (Å²) < 4.78 is 0. The lowest BCUT2D eigenvalue weighted by atomic mass is 9.80. The van der Waals surface area contributed by atoms with Gasteiger partial charge < -0.3 is 0 Å². The Morgan fingerprint density at radius 1 is 1.44 bits per heavy atom. The topological polar surface area (TPSA) is 23.8 Å². The summed E-state index contributed by atoms with van der Waals surface area (Å²) in [5.41, 5.74) is 2.06. The van der Waals surface area contributed by atoms with Gasteiger partial charge in [0.15, 0.2) is 0 Å². The van der Waals surface area contributed by atoms with Crippen LogP contribution < -0.4 is 0 Å². The van der Waals surface area contributed by atoms with Crippen molar-refractivity contribution in [3.05, 3.63) is 37.0 Å². The Bertz CT molecular complexity index is 264. The van der Waals surface area contributed by atoms with Gasteiger partial charge in [0.05, 0.1) is 6.07 Å². The molecule has 0 unspecified atom stereocenters. The van der Waals surface area contributed by atoms with E-state index in [0.717, 1.165) is 0 Å². The van der Waals surface area contributed by atoms with Crippen LogP contribution in [0.1, 0.15) is 47.0 Å². The predicted molar refractivity (Wildman–Crippen MR) is 73.1 cm³/mol. The lowest BCUT2D eigenvalue weighted by Crippen LogP contribution is -2.11. The lowest BCUT2D eigenvalue weighted by Gasteiger charge is -2.25. The first-order chi connectivity index (χ1) is 7.52. The summed E-state index contributed by atoms with van der Waals surface area (Å²) >= 11 is 0. The Morgan fingerprint density at radius 3 is 2.19 bits per heavy atom. The van der Waals surface area contributed by atoms with E-state index >= 15 is 0 Å². The standard InChI is InChI=1S/C9H16.C4H5N.C2H4/c1-8-5-4-6-9(2,3)7-8;1-2-3-4-5;1-2/h7H,4-6H2,1-3H3;2-3H,1H3;1-2H2/b;3-2+;. The summed E-state index contributed by atoms with van der Waals surface area (Å²) in [6.45, 7) is 14.7. The van der Waals surface area contributed by atoms with Gasteiger partial charge in [0.1, 0.15) is 0 Å². The Kier molecular flexibility index (Phi) is 10.9. The highest BCUT2D eigenvalue weighted by molar-refractivity contribution is 5.08. The number of hydrogen-bond acceptors (Lipinski definition) is 1. The maximum Gasteiger partial charge on any atom is 0.0908 e. The molecule has 90 valence electrons. The van der Waals surface area contributed by atoms with Crippen LogP contribution in [0.3, 0.4) is 0 Å². The van der Waals surface area contributed by atoms with Gasteiger partial charge in [-0.25, -0.2) is 0 Å². The Hall–Kier alpha value is -1.29. The van der Waals surface area contributed by atoms with E-state index in [1.165, 1.54) is 25.3 Å². The van der Waals surface area contributed by atoms with Crippen molar-refractivity contribution in [1.82, 2.24) is 0 Å². The highest BCUT2D eigenvalue weighted by Crippen LogP contribution is 2.32. The molecule has 0 amide bonds. The van der Waals surface area contributed by atoms with E-state index in [2.05, 4.69) is 40.0 Å². The SMILES string of the molecule is C/C=C/C#N.C=C.CC1=CC(C)(C)CCC1. The van der Waals surface area contributed by atoms with Crippen molar-refractivity contribution in [2.24, 2.45) is 5.41 Å². The van der Waals surface area contributed by atoms with Crippen LogP contribution in [-0.2, 0) is 0 Å². The van der Waals surface area contributed by atoms with Gasteiger partial charge in [0, 0.05) is 6.08 Å². The predicted octanol–water partition coefficient (Wildman–Crippen LogP) is 5.03. The van der Waals surface area contributed by atoms with Crippen molar-refractivity contribution in [2.75, 3.05) is 0 Å². The van der Waals surface area contributed by atoms with Gasteiger partial charge in [0.25, 0.3) is 0 Å². The summed E-state index contributed by atoms with van der Waals surface area (Å²) in [6.07, 6.45) is 9.61. The van der Waals surface area contributed by atoms with Gasteiger partial charge in [-0.05, 0) is 38.5 Å². The second-order valence-electron chi connectivity index (χ2n) is 4.46. The Labute approximate surface area is 101 Å². The van der Waals surface area contributed by atoms with Gasteiger partial charge >= 0.3 is 0 Å². The molecule has 0 aromatic carbocycles. The molecule has 1 aliphatic rings. The maximum absolute atomic E-state index is 7.73. The van der Waals surface area contributed by atoms with Crippen LogP contribution in [0.5, 0.6) is 0 Å². The fourth-order valence-electron chi connectivity index (χ4n) is 1.71. The van der Waals surface area contributed by atoms with Crippen molar-refractivity contribution < 1.29 is 0 Å². The molecule has 0 aromatic rings. The highest BCUT2D eigenvalue weighted by Gasteiger charge is 2.17. The maximum atomic E-state index is 7.73. The molecule has 0 bridgehead atoms. The molecule has 0 aliphatic heterocycles. The van der Waals surface area contributed by atoms with E-state index in [9.17, 15) is 0 Å². The third-order valence-corrected chi connectivity index (χ3v) is 2.27. The number of nitriles is 1. The second kappa shape index (κ2) is 10.2. The fourth-order valence-corrected chi connectivity index (χ4v) is 1.71. The zero-order valence-corrected chi connectivity index (χ0v) is 11.2. The van der Waals surface area contributed by atoms with Gasteiger partial charge in [0.2, 0.25) is 0 Å². The van der Waals surface area contributed by atoms with Crippen LogP contribution in [0.15, 0.2) is 37.0 Å². The quantitative estimate of drug-likeness (QED) is 0.414. The first-order valence-corrected chi connectivity index (χ1v) is 5.71. The third kappa shape index (κ3) is 10.8. The number of allylic oxidation sites excluding steroid dienone is 4. The molecular formula is C15H25N. The number of hydrogen-bond donors (Lipinski definition) is 0. The van der Waals surface area contributed by atoms with E-state index in [1.807, 2.05) is 13.0 Å². The van der Waals surface area contributed by atoms with Crippen molar-refractivity contribution in [3.8, 4) is 6.07 Å². The molecule has 0 fully saturated rings. The molecular weight excluding hydrogens is 194 g/mol. The minimum atomic E-state index is 0.488. The zero-order valence-electron chi connectivity index (χ0n) is 11.2. The minimum absolute atomic E-state index is 0.488. The van der Waals surface area contributed by atoms with Crippen molar-refractivity contribution in [2.45, 2.75) is 47.0 Å². The summed E-state index contributed by atoms with van der Waals surface area (Å²) in [5.74, 6) is 0. The molecule has 1 heteroatoms. The molecule has 0 saturated heterocycles. The summed E-state index contributed by atoms with van der Waals surface area (Å²) in [7, 11) is 0. The van der Waals surface area contributed by atoms with Gasteiger partial charge in [-0.1, -0.05) is 31.6 Å². The van der Waals surface area contributed by atoms with Gasteiger partial charge in [-0.3, -0.25) is 0 Å². The van der Waals surface area contributed by atoms with Crippen molar-refractivity contribution in [1.29, 1.82) is 5.26 Å². The molecule has 16 heavy (non-hydrogen) atoms. The largest absolute Gasteiger partial charge is 0.193 e. The minimum Gasteiger partial charge on any atom is -0.193 e. The molecule has 1 nitrogen and oxygen atoms in total. The Balaban J connectivity index is 0. The highest BCUT2D eigenvalue weighted by atomic mass is 14.2. The average molecular weight is 219 g/mol. The van der Waals surface area contributed by atoms with Crippen molar-refractivity contribution >= 4 is 0 Å². The van der Waals surface area contributed by atoms with Crippen LogP contribution in [0.25, 0.3) is 0 Å². The van der Waals surface area contributed by atoms with E-state index in [-0.39, 0.29) is 0 Å². The van der Waals surface area contributed by atoms with Crippen molar-refractivity contribution in [3.63, 3.8) is 0 Å². The van der Waals surface area contributed by atoms with E-state index in [0.29, 0.717) is 5.41 Å². The molecule has 0 saturated carbocycles. The smallest absolute Gasteiger partial charge is 0.0908 e. The van der Waals surface area contributed by atoms with E-state index < -0.39 is 0 Å². The van der Waals surface area contributed by atoms with Crippen LogP contribution in [0.2, 0.25) is 0 Å². The first-order valence-electron chi connectivity index (χ1n) is 5.71. The van der Waals surface area contributed by atoms with Crippen LogP contribution in [0, 0.1) is 16.7 Å². The van der Waals surface area contributed by atoms with Gasteiger partial charge in [-0.15, -0.1) is 13.2 Å². The third-order valence-electron chi connectivity index (χ3n) is 2.27. The summed E-state index contributed by atoms with van der Waals surface area (Å²) in [5, 5.41) is 7.73. The Morgan fingerprint density at radius 2 is 2.00 bits per heavy atom. The monoisotopic (exact) mass is 219 g/mol. The number of nitrogens with zero attached hydrogens (tertiary/aromatic N) is 1. The van der Waals surface area contributed by atoms with Gasteiger partial charge in [-0.2, -0.15) is 5.26 Å². The van der Waals surface area contributed by atoms with E-state index in [4.69, 9.17) is 5.26 Å². The molecule has 0 heterocycles. The summed E-state index contributed by atoms with van der Waals surface area (Å²) in [6, 6.07) is 1.84. The van der Waals surface area contributed by atoms with E-state index in [1.54, 1.807) is 11.6 Å². The van der Waals surface area contributed by atoms with Crippen LogP contribution in [-0.4, -0.2) is 0 Å². The van der Waals surface area contributed by atoms with Crippen LogP contribution in [0.4, 0.5) is 0 Å². The zero-order chi connectivity index (χ0) is 13.0. The molecule has 1 aliphatic carbocycles. The molecule has 0 N–H and O–H groups in total. The second-order valence-corrected chi connectivity index (χ2v) is 4.46.